The summed E-state index contributed by atoms with van der Waals surface area (Å²) in [5.41, 5.74) is 1.70. The highest BCUT2D eigenvalue weighted by Crippen LogP contribution is 2.28. The molecule has 1 aromatic rings. The van der Waals surface area contributed by atoms with Crippen LogP contribution in [-0.2, 0) is 0 Å². The van der Waals surface area contributed by atoms with Crippen LogP contribution in [0.15, 0.2) is 12.1 Å². The molecule has 2 rings (SSSR count). The second kappa shape index (κ2) is 5.86. The lowest BCUT2D eigenvalue weighted by Gasteiger charge is -2.37. The highest BCUT2D eigenvalue weighted by Gasteiger charge is 2.24. The maximum Gasteiger partial charge on any atom is 0.147 e. The Kier molecular flexibility index (Phi) is 4.19. The number of rotatable bonds is 3. The van der Waals surface area contributed by atoms with Gasteiger partial charge in [-0.1, -0.05) is 13.3 Å². The summed E-state index contributed by atoms with van der Waals surface area (Å²) in [5, 5.41) is 9.24. The van der Waals surface area contributed by atoms with Crippen LogP contribution in [-0.4, -0.2) is 17.6 Å². The molecule has 0 aromatic carbocycles. The Balaban J connectivity index is 2.33. The van der Waals surface area contributed by atoms with Crippen molar-refractivity contribution >= 4 is 5.82 Å². The van der Waals surface area contributed by atoms with Crippen LogP contribution in [0.1, 0.15) is 50.3 Å². The summed E-state index contributed by atoms with van der Waals surface area (Å²) in [6.45, 7) is 5.25. The average molecular weight is 243 g/mol. The molecule has 1 aromatic heterocycles. The fraction of sp³-hybridized carbons (Fsp3) is 0.600. The maximum absolute atomic E-state index is 9.24. The van der Waals surface area contributed by atoms with Crippen LogP contribution >= 0.6 is 0 Å². The van der Waals surface area contributed by atoms with E-state index in [2.05, 4.69) is 22.9 Å². The quantitative estimate of drug-likeness (QED) is 0.816. The molecule has 96 valence electrons. The van der Waals surface area contributed by atoms with Gasteiger partial charge in [0.05, 0.1) is 5.56 Å². The lowest BCUT2D eigenvalue weighted by Crippen LogP contribution is -2.40. The Morgan fingerprint density at radius 1 is 1.44 bits per heavy atom. The van der Waals surface area contributed by atoms with E-state index < -0.39 is 0 Å². The molecule has 0 radical (unpaired) electrons. The Labute approximate surface area is 109 Å². The van der Waals surface area contributed by atoms with Crippen LogP contribution in [0.4, 0.5) is 5.82 Å². The molecule has 0 amide bonds. The zero-order chi connectivity index (χ0) is 13.0. The molecule has 0 aliphatic carbocycles. The van der Waals surface area contributed by atoms with Gasteiger partial charge < -0.3 is 4.90 Å². The summed E-state index contributed by atoms with van der Waals surface area (Å²) < 4.78 is 0. The van der Waals surface area contributed by atoms with E-state index >= 15 is 0 Å². The number of anilines is 1. The van der Waals surface area contributed by atoms with Gasteiger partial charge in [-0.15, -0.1) is 0 Å². The fourth-order valence-corrected chi connectivity index (χ4v) is 2.76. The van der Waals surface area contributed by atoms with Gasteiger partial charge in [0.15, 0.2) is 0 Å². The minimum atomic E-state index is 0.560. The van der Waals surface area contributed by atoms with Crippen LogP contribution < -0.4 is 4.90 Å². The number of piperidine rings is 1. The van der Waals surface area contributed by atoms with Gasteiger partial charge in [0, 0.05) is 18.3 Å². The molecular formula is C15H21N3. The zero-order valence-electron chi connectivity index (χ0n) is 11.3. The number of nitriles is 1. The van der Waals surface area contributed by atoms with Crippen molar-refractivity contribution in [1.82, 2.24) is 4.98 Å². The first kappa shape index (κ1) is 12.9. The summed E-state index contributed by atoms with van der Waals surface area (Å²) in [4.78, 5) is 6.96. The van der Waals surface area contributed by atoms with Gasteiger partial charge >= 0.3 is 0 Å². The summed E-state index contributed by atoms with van der Waals surface area (Å²) in [7, 11) is 0. The lowest BCUT2D eigenvalue weighted by atomic mass is 9.97. The van der Waals surface area contributed by atoms with Gasteiger partial charge in [0.2, 0.25) is 0 Å². The smallest absolute Gasteiger partial charge is 0.147 e. The molecule has 1 aliphatic heterocycles. The molecule has 1 unspecified atom stereocenters. The number of pyridine rings is 1. The largest absolute Gasteiger partial charge is 0.353 e. The average Bonchev–Trinajstić information content (AvgIpc) is 2.40. The first-order valence-corrected chi connectivity index (χ1v) is 6.90. The molecule has 0 saturated carbocycles. The number of hydrogen-bond acceptors (Lipinski definition) is 3. The minimum Gasteiger partial charge on any atom is -0.353 e. The number of nitrogens with zero attached hydrogens (tertiary/aromatic N) is 3. The minimum absolute atomic E-state index is 0.560. The van der Waals surface area contributed by atoms with Crippen LogP contribution in [0.5, 0.6) is 0 Å². The molecule has 3 nitrogen and oxygen atoms in total. The van der Waals surface area contributed by atoms with Crippen molar-refractivity contribution in [3.8, 4) is 6.07 Å². The van der Waals surface area contributed by atoms with E-state index in [1.165, 1.54) is 32.1 Å². The molecule has 1 fully saturated rings. The first-order valence-electron chi connectivity index (χ1n) is 6.90. The van der Waals surface area contributed by atoms with E-state index in [0.29, 0.717) is 11.6 Å². The van der Waals surface area contributed by atoms with Gasteiger partial charge in [-0.05, 0) is 44.7 Å². The molecule has 3 heteroatoms. The van der Waals surface area contributed by atoms with Crippen molar-refractivity contribution in [2.45, 2.75) is 52.0 Å². The number of aryl methyl sites for hydroxylation is 1. The van der Waals surface area contributed by atoms with E-state index in [0.717, 1.165) is 18.1 Å². The zero-order valence-corrected chi connectivity index (χ0v) is 11.3. The van der Waals surface area contributed by atoms with Crippen molar-refractivity contribution in [1.29, 1.82) is 5.26 Å². The topological polar surface area (TPSA) is 39.9 Å². The van der Waals surface area contributed by atoms with Gasteiger partial charge in [-0.2, -0.15) is 5.26 Å². The summed E-state index contributed by atoms with van der Waals surface area (Å²) in [5.74, 6) is 0.899. The van der Waals surface area contributed by atoms with Crippen LogP contribution in [0.2, 0.25) is 0 Å². The van der Waals surface area contributed by atoms with Crippen LogP contribution in [0, 0.1) is 18.3 Å². The molecular weight excluding hydrogens is 222 g/mol. The van der Waals surface area contributed by atoms with Crippen molar-refractivity contribution in [2.75, 3.05) is 11.4 Å². The first-order chi connectivity index (χ1) is 8.76. The molecule has 1 saturated heterocycles. The fourth-order valence-electron chi connectivity index (χ4n) is 2.76. The van der Waals surface area contributed by atoms with Crippen molar-refractivity contribution < 1.29 is 0 Å². The highest BCUT2D eigenvalue weighted by atomic mass is 15.2. The summed E-state index contributed by atoms with van der Waals surface area (Å²) >= 11 is 0. The Bertz CT molecular complexity index is 446. The standard InChI is InChI=1S/C15H21N3/c1-3-6-14-7-4-5-10-18(14)15-13(11-16)9-8-12(2)17-15/h8-9,14H,3-7,10H2,1-2H3. The third kappa shape index (κ3) is 2.64. The van der Waals surface area contributed by atoms with Crippen molar-refractivity contribution in [3.05, 3.63) is 23.4 Å². The van der Waals surface area contributed by atoms with E-state index in [1.807, 2.05) is 19.1 Å². The van der Waals surface area contributed by atoms with Gasteiger partial charge in [0.25, 0.3) is 0 Å². The van der Waals surface area contributed by atoms with Crippen molar-refractivity contribution in [3.63, 3.8) is 0 Å². The van der Waals surface area contributed by atoms with E-state index in [-0.39, 0.29) is 0 Å². The Morgan fingerprint density at radius 2 is 2.28 bits per heavy atom. The SMILES string of the molecule is CCCC1CCCCN1c1nc(C)ccc1C#N. The number of hydrogen-bond donors (Lipinski definition) is 0. The molecule has 1 aliphatic rings. The van der Waals surface area contributed by atoms with E-state index in [1.54, 1.807) is 0 Å². The third-order valence-electron chi connectivity index (χ3n) is 3.66. The second-order valence-electron chi connectivity index (χ2n) is 5.07. The summed E-state index contributed by atoms with van der Waals surface area (Å²) in [6, 6.07) is 6.65. The van der Waals surface area contributed by atoms with Gasteiger partial charge in [-0.25, -0.2) is 4.98 Å². The summed E-state index contributed by atoms with van der Waals surface area (Å²) in [6.07, 6.45) is 6.12. The molecule has 1 atom stereocenters. The highest BCUT2D eigenvalue weighted by molar-refractivity contribution is 5.55. The predicted octanol–water partition coefficient (Wildman–Crippen LogP) is 3.42. The second-order valence-corrected chi connectivity index (χ2v) is 5.07. The monoisotopic (exact) mass is 243 g/mol. The van der Waals surface area contributed by atoms with E-state index in [4.69, 9.17) is 0 Å². The van der Waals surface area contributed by atoms with Crippen LogP contribution in [0.3, 0.4) is 0 Å². The number of aromatic nitrogens is 1. The third-order valence-corrected chi connectivity index (χ3v) is 3.66. The Morgan fingerprint density at radius 3 is 3.00 bits per heavy atom. The molecule has 0 spiro atoms. The molecule has 0 bridgehead atoms. The lowest BCUT2D eigenvalue weighted by molar-refractivity contribution is 0.431. The van der Waals surface area contributed by atoms with Gasteiger partial charge in [-0.3, -0.25) is 0 Å². The van der Waals surface area contributed by atoms with Crippen LogP contribution in [0.25, 0.3) is 0 Å². The predicted molar refractivity (Wildman–Crippen MR) is 73.6 cm³/mol. The normalized spacial score (nSPS) is 19.6. The maximum atomic E-state index is 9.24. The molecule has 18 heavy (non-hydrogen) atoms. The van der Waals surface area contributed by atoms with Crippen molar-refractivity contribution in [2.24, 2.45) is 0 Å². The Hall–Kier alpha value is -1.56. The molecule has 2 heterocycles. The molecule has 0 N–H and O–H groups in total. The van der Waals surface area contributed by atoms with E-state index in [9.17, 15) is 5.26 Å². The van der Waals surface area contributed by atoms with Gasteiger partial charge in [0.1, 0.15) is 11.9 Å².